The van der Waals surface area contributed by atoms with Crippen LogP contribution in [0.5, 0.6) is 0 Å². The molecule has 2 rings (SSSR count). The van der Waals surface area contributed by atoms with E-state index in [1.807, 2.05) is 6.20 Å². The summed E-state index contributed by atoms with van der Waals surface area (Å²) >= 11 is 0. The van der Waals surface area contributed by atoms with E-state index in [4.69, 9.17) is 4.74 Å². The van der Waals surface area contributed by atoms with Crippen LogP contribution >= 0.6 is 0 Å². The minimum absolute atomic E-state index is 0.489. The number of nitrogens with one attached hydrogen (secondary N) is 1. The van der Waals surface area contributed by atoms with Crippen LogP contribution in [0.2, 0.25) is 25.7 Å². The third-order valence-electron chi connectivity index (χ3n) is 3.76. The molecule has 0 amide bonds. The second kappa shape index (κ2) is 9.07. The predicted octanol–water partition coefficient (Wildman–Crippen LogP) is 2.83. The first-order valence-corrected chi connectivity index (χ1v) is 12.4. The number of hydrogen-bond donors (Lipinski definition) is 1. The molecule has 1 N–H and O–H groups in total. The Hall–Kier alpha value is -1.77. The van der Waals surface area contributed by atoms with Gasteiger partial charge in [0.15, 0.2) is 0 Å². The molecule has 25 heavy (non-hydrogen) atoms. The largest absolute Gasteiger partial charge is 0.361 e. The monoisotopic (exact) mass is 362 g/mol. The normalized spacial score (nSPS) is 11.9. The summed E-state index contributed by atoms with van der Waals surface area (Å²) in [6, 6.07) is 2.94. The first-order valence-electron chi connectivity index (χ1n) is 8.66. The average Bonchev–Trinajstić information content (AvgIpc) is 2.91. The summed E-state index contributed by atoms with van der Waals surface area (Å²) in [6.45, 7) is 9.30. The van der Waals surface area contributed by atoms with Gasteiger partial charge in [0.2, 0.25) is 11.9 Å². The van der Waals surface area contributed by atoms with Crippen molar-refractivity contribution in [3.8, 4) is 0 Å². The zero-order valence-corrected chi connectivity index (χ0v) is 17.0. The van der Waals surface area contributed by atoms with Crippen molar-refractivity contribution in [2.75, 3.05) is 32.6 Å². The van der Waals surface area contributed by atoms with Crippen molar-refractivity contribution in [3.05, 3.63) is 30.4 Å². The van der Waals surface area contributed by atoms with Crippen LogP contribution in [0, 0.1) is 0 Å². The van der Waals surface area contributed by atoms with Gasteiger partial charge in [-0.25, -0.2) is 15.0 Å². The SMILES string of the molecule is CN(C)CCc1cnc(Nc2ncccn2)n1COCC[Si](C)(C)C. The molecule has 8 heteroatoms. The number of aromatic nitrogens is 4. The Bertz CT molecular complexity index is 638. The number of likely N-dealkylation sites (N-methyl/N-ethyl adjacent to an activating group) is 1. The molecule has 7 nitrogen and oxygen atoms in total. The van der Waals surface area contributed by atoms with Gasteiger partial charge >= 0.3 is 0 Å². The number of anilines is 2. The van der Waals surface area contributed by atoms with Gasteiger partial charge in [-0.15, -0.1) is 0 Å². The van der Waals surface area contributed by atoms with Crippen LogP contribution in [0.3, 0.4) is 0 Å². The van der Waals surface area contributed by atoms with Crippen molar-refractivity contribution in [2.45, 2.75) is 38.8 Å². The Morgan fingerprint density at radius 2 is 1.88 bits per heavy atom. The summed E-state index contributed by atoms with van der Waals surface area (Å²) in [5.74, 6) is 1.25. The van der Waals surface area contributed by atoms with Gasteiger partial charge in [0.05, 0.1) is 6.20 Å². The van der Waals surface area contributed by atoms with Crippen LogP contribution in [0.1, 0.15) is 5.69 Å². The van der Waals surface area contributed by atoms with Crippen LogP contribution in [-0.4, -0.2) is 59.7 Å². The van der Waals surface area contributed by atoms with Crippen LogP contribution < -0.4 is 5.32 Å². The minimum atomic E-state index is -1.09. The predicted molar refractivity (Wildman–Crippen MR) is 104 cm³/mol. The fraction of sp³-hybridized carbons (Fsp3) is 0.588. The smallest absolute Gasteiger partial charge is 0.229 e. The molecule has 2 aromatic heterocycles. The topological polar surface area (TPSA) is 68.1 Å². The van der Waals surface area contributed by atoms with Crippen molar-refractivity contribution in [1.29, 1.82) is 0 Å². The summed E-state index contributed by atoms with van der Waals surface area (Å²) in [5, 5.41) is 3.18. The van der Waals surface area contributed by atoms with Crippen LogP contribution in [-0.2, 0) is 17.9 Å². The number of nitrogens with zero attached hydrogens (tertiary/aromatic N) is 5. The van der Waals surface area contributed by atoms with Crippen LogP contribution in [0.15, 0.2) is 24.7 Å². The standard InChI is InChI=1S/C17H30N6OSi/c1-22(2)10-7-15-13-20-17(21-16-18-8-6-9-19-16)23(15)14-24-11-12-25(3,4)5/h6,8-9,13H,7,10-12,14H2,1-5H3,(H,18,19,20,21). The lowest BCUT2D eigenvalue weighted by atomic mass is 10.3. The number of rotatable bonds is 10. The third kappa shape index (κ3) is 6.93. The highest BCUT2D eigenvalue weighted by molar-refractivity contribution is 6.76. The van der Waals surface area contributed by atoms with Crippen molar-refractivity contribution in [2.24, 2.45) is 0 Å². The summed E-state index contributed by atoms with van der Waals surface area (Å²) < 4.78 is 8.02. The van der Waals surface area contributed by atoms with E-state index in [1.165, 1.54) is 0 Å². The van der Waals surface area contributed by atoms with E-state index in [0.29, 0.717) is 18.6 Å². The Morgan fingerprint density at radius 3 is 2.52 bits per heavy atom. The lowest BCUT2D eigenvalue weighted by Crippen LogP contribution is -2.22. The first kappa shape index (κ1) is 19.6. The molecule has 2 heterocycles. The van der Waals surface area contributed by atoms with Crippen LogP contribution in [0.4, 0.5) is 11.9 Å². The molecule has 0 aliphatic carbocycles. The molecule has 0 saturated heterocycles. The summed E-state index contributed by atoms with van der Waals surface area (Å²) in [6.07, 6.45) is 6.23. The fourth-order valence-electron chi connectivity index (χ4n) is 2.19. The maximum absolute atomic E-state index is 5.94. The van der Waals surface area contributed by atoms with E-state index < -0.39 is 8.07 Å². The van der Waals surface area contributed by atoms with Gasteiger partial charge in [-0.1, -0.05) is 19.6 Å². The van der Waals surface area contributed by atoms with Gasteiger partial charge in [0.25, 0.3) is 0 Å². The zero-order valence-electron chi connectivity index (χ0n) is 16.0. The Kier molecular flexibility index (Phi) is 7.09. The molecule has 0 saturated carbocycles. The molecular formula is C17H30N6OSi. The molecule has 0 atom stereocenters. The highest BCUT2D eigenvalue weighted by Gasteiger charge is 2.14. The number of hydrogen-bond acceptors (Lipinski definition) is 6. The van der Waals surface area contributed by atoms with Crippen molar-refractivity contribution in [1.82, 2.24) is 24.4 Å². The molecule has 0 spiro atoms. The quantitative estimate of drug-likeness (QED) is 0.518. The molecule has 0 unspecified atom stereocenters. The zero-order chi connectivity index (χ0) is 18.3. The van der Waals surface area contributed by atoms with E-state index in [0.717, 1.165) is 31.3 Å². The summed E-state index contributed by atoms with van der Waals surface area (Å²) in [5.41, 5.74) is 1.14. The summed E-state index contributed by atoms with van der Waals surface area (Å²) in [4.78, 5) is 15.1. The van der Waals surface area contributed by atoms with E-state index >= 15 is 0 Å². The molecule has 138 valence electrons. The highest BCUT2D eigenvalue weighted by atomic mass is 28.3. The fourth-order valence-corrected chi connectivity index (χ4v) is 2.95. The second-order valence-electron chi connectivity index (χ2n) is 7.60. The van der Waals surface area contributed by atoms with Gasteiger partial charge in [-0.3, -0.25) is 9.88 Å². The molecule has 0 aliphatic heterocycles. The van der Waals surface area contributed by atoms with Gasteiger partial charge in [0.1, 0.15) is 6.73 Å². The van der Waals surface area contributed by atoms with E-state index in [2.05, 4.69) is 63.5 Å². The molecule has 0 aliphatic rings. The van der Waals surface area contributed by atoms with E-state index in [9.17, 15) is 0 Å². The molecular weight excluding hydrogens is 332 g/mol. The second-order valence-corrected chi connectivity index (χ2v) is 13.2. The number of ether oxygens (including phenoxy) is 1. The lowest BCUT2D eigenvalue weighted by molar-refractivity contribution is 0.0866. The Morgan fingerprint density at radius 1 is 1.16 bits per heavy atom. The van der Waals surface area contributed by atoms with E-state index in [-0.39, 0.29) is 0 Å². The van der Waals surface area contributed by atoms with E-state index in [1.54, 1.807) is 18.5 Å². The van der Waals surface area contributed by atoms with Crippen molar-refractivity contribution >= 4 is 20.0 Å². The Balaban J connectivity index is 2.06. The molecule has 0 bridgehead atoms. The lowest BCUT2D eigenvalue weighted by Gasteiger charge is -2.17. The molecule has 0 aromatic carbocycles. The van der Waals surface area contributed by atoms with Crippen LogP contribution in [0.25, 0.3) is 0 Å². The molecule has 0 fully saturated rings. The third-order valence-corrected chi connectivity index (χ3v) is 5.46. The maximum Gasteiger partial charge on any atom is 0.229 e. The van der Waals surface area contributed by atoms with Gasteiger partial charge in [-0.05, 0) is 26.2 Å². The maximum atomic E-state index is 5.94. The molecule has 2 aromatic rings. The summed E-state index contributed by atoms with van der Waals surface area (Å²) in [7, 11) is 3.05. The van der Waals surface area contributed by atoms with Crippen molar-refractivity contribution in [3.63, 3.8) is 0 Å². The molecule has 0 radical (unpaired) electrons. The Labute approximate surface area is 151 Å². The number of imidazole rings is 1. The average molecular weight is 363 g/mol. The first-order chi connectivity index (χ1) is 11.8. The van der Waals surface area contributed by atoms with Gasteiger partial charge in [-0.2, -0.15) is 0 Å². The van der Waals surface area contributed by atoms with Gasteiger partial charge < -0.3 is 9.64 Å². The minimum Gasteiger partial charge on any atom is -0.361 e. The van der Waals surface area contributed by atoms with Gasteiger partial charge in [0, 0.05) is 45.7 Å². The highest BCUT2D eigenvalue weighted by Crippen LogP contribution is 2.16. The van der Waals surface area contributed by atoms with Crippen molar-refractivity contribution < 1.29 is 4.74 Å².